The van der Waals surface area contributed by atoms with Gasteiger partial charge < -0.3 is 15.0 Å². The smallest absolute Gasteiger partial charge is 0.240 e. The van der Waals surface area contributed by atoms with Crippen LogP contribution in [0, 0.1) is 0 Å². The molecule has 0 saturated carbocycles. The minimum atomic E-state index is -0.148. The van der Waals surface area contributed by atoms with Crippen LogP contribution in [0.15, 0.2) is 34.9 Å². The number of hydrogen-bond donors (Lipinski definition) is 1. The van der Waals surface area contributed by atoms with E-state index in [0.717, 1.165) is 19.5 Å². The molecule has 1 atom stereocenters. The van der Waals surface area contributed by atoms with E-state index in [4.69, 9.17) is 15.0 Å². The fraction of sp³-hybridized carbons (Fsp3) is 0.529. The van der Waals surface area contributed by atoms with E-state index in [2.05, 4.69) is 39.3 Å². The quantitative estimate of drug-likeness (QED) is 0.723. The summed E-state index contributed by atoms with van der Waals surface area (Å²) in [5, 5.41) is 4.00. The molecule has 2 N–H and O–H groups in total. The summed E-state index contributed by atoms with van der Waals surface area (Å²) < 4.78 is 10.8. The van der Waals surface area contributed by atoms with E-state index in [1.165, 1.54) is 5.56 Å². The molecule has 0 fully saturated rings. The first-order valence-corrected chi connectivity index (χ1v) is 8.13. The Bertz CT molecular complexity index is 559. The van der Waals surface area contributed by atoms with E-state index >= 15 is 0 Å². The second-order valence-corrected chi connectivity index (χ2v) is 5.44. The highest BCUT2D eigenvalue weighted by atomic mass is 16.5. The van der Waals surface area contributed by atoms with Crippen LogP contribution in [-0.4, -0.2) is 41.3 Å². The fourth-order valence-corrected chi connectivity index (χ4v) is 2.40. The number of ether oxygens (including phenoxy) is 1. The number of aromatic nitrogens is 2. The normalized spacial score (nSPS) is 12.7. The van der Waals surface area contributed by atoms with Crippen LogP contribution in [0.1, 0.15) is 37.2 Å². The van der Waals surface area contributed by atoms with Gasteiger partial charge in [0.25, 0.3) is 0 Å². The van der Waals surface area contributed by atoms with Crippen molar-refractivity contribution in [1.29, 1.82) is 0 Å². The molecule has 1 heterocycles. The van der Waals surface area contributed by atoms with E-state index in [1.807, 2.05) is 19.9 Å². The first kappa shape index (κ1) is 17.6. The van der Waals surface area contributed by atoms with Crippen molar-refractivity contribution in [1.82, 2.24) is 15.0 Å². The van der Waals surface area contributed by atoms with Gasteiger partial charge >= 0.3 is 0 Å². The minimum absolute atomic E-state index is 0.148. The van der Waals surface area contributed by atoms with Crippen LogP contribution in [0.3, 0.4) is 0 Å². The first-order chi connectivity index (χ1) is 11.2. The lowest BCUT2D eigenvalue weighted by Crippen LogP contribution is -2.31. The van der Waals surface area contributed by atoms with Crippen molar-refractivity contribution in [2.45, 2.75) is 32.9 Å². The fourth-order valence-electron chi connectivity index (χ4n) is 2.40. The molecule has 0 bridgehead atoms. The third-order valence-electron chi connectivity index (χ3n) is 3.63. The predicted octanol–water partition coefficient (Wildman–Crippen LogP) is 2.17. The molecule has 0 spiro atoms. The molecule has 126 valence electrons. The van der Waals surface area contributed by atoms with Crippen LogP contribution in [0.4, 0.5) is 0 Å². The van der Waals surface area contributed by atoms with Gasteiger partial charge in [0, 0.05) is 26.2 Å². The molecule has 0 saturated heterocycles. The molecule has 0 amide bonds. The molecule has 23 heavy (non-hydrogen) atoms. The van der Waals surface area contributed by atoms with Gasteiger partial charge in [0.15, 0.2) is 5.82 Å². The number of hydrogen-bond acceptors (Lipinski definition) is 6. The summed E-state index contributed by atoms with van der Waals surface area (Å²) in [6.45, 7) is 7.41. The highest BCUT2D eigenvalue weighted by Gasteiger charge is 2.16. The van der Waals surface area contributed by atoms with Crippen molar-refractivity contribution in [3.8, 4) is 0 Å². The molecule has 1 aromatic carbocycles. The molecular formula is C17H26N4O2. The lowest BCUT2D eigenvalue weighted by Gasteiger charge is -2.19. The summed E-state index contributed by atoms with van der Waals surface area (Å²) in [4.78, 5) is 6.65. The minimum Gasteiger partial charge on any atom is -0.371 e. The van der Waals surface area contributed by atoms with Crippen molar-refractivity contribution in [3.05, 3.63) is 47.6 Å². The van der Waals surface area contributed by atoms with Crippen molar-refractivity contribution < 1.29 is 9.26 Å². The van der Waals surface area contributed by atoms with Gasteiger partial charge in [0.1, 0.15) is 6.10 Å². The third kappa shape index (κ3) is 5.74. The van der Waals surface area contributed by atoms with Gasteiger partial charge in [-0.2, -0.15) is 4.98 Å². The highest BCUT2D eigenvalue weighted by molar-refractivity contribution is 5.14. The Labute approximate surface area is 137 Å². The van der Waals surface area contributed by atoms with Crippen molar-refractivity contribution in [2.75, 3.05) is 26.2 Å². The molecule has 0 radical (unpaired) electrons. The van der Waals surface area contributed by atoms with E-state index in [0.29, 0.717) is 31.4 Å². The van der Waals surface area contributed by atoms with Gasteiger partial charge in [-0.25, -0.2) is 0 Å². The van der Waals surface area contributed by atoms with E-state index in [1.54, 1.807) is 0 Å². The van der Waals surface area contributed by atoms with Crippen LogP contribution >= 0.6 is 0 Å². The van der Waals surface area contributed by atoms with Crippen LogP contribution in [0.5, 0.6) is 0 Å². The maximum absolute atomic E-state index is 5.72. The summed E-state index contributed by atoms with van der Waals surface area (Å²) in [6, 6.07) is 10.4. The lowest BCUT2D eigenvalue weighted by atomic mass is 10.1. The van der Waals surface area contributed by atoms with Crippen LogP contribution < -0.4 is 5.73 Å². The van der Waals surface area contributed by atoms with Crippen molar-refractivity contribution in [2.24, 2.45) is 5.73 Å². The summed E-state index contributed by atoms with van der Waals surface area (Å²) in [6.07, 6.45) is 0.821. The average molecular weight is 318 g/mol. The molecule has 6 heteroatoms. The Morgan fingerprint density at radius 1 is 1.26 bits per heavy atom. The van der Waals surface area contributed by atoms with Gasteiger partial charge in [0.05, 0.1) is 6.54 Å². The zero-order chi connectivity index (χ0) is 16.5. The van der Waals surface area contributed by atoms with Gasteiger partial charge in [-0.3, -0.25) is 4.90 Å². The van der Waals surface area contributed by atoms with E-state index in [-0.39, 0.29) is 6.10 Å². The number of nitrogens with two attached hydrogens (primary N) is 1. The molecule has 0 aliphatic heterocycles. The SMILES string of the molecule is CCOC(C)c1noc(CN(CCN)CCc2ccccc2)n1. The van der Waals surface area contributed by atoms with Gasteiger partial charge in [-0.1, -0.05) is 35.5 Å². The Morgan fingerprint density at radius 2 is 2.04 bits per heavy atom. The second kappa shape index (κ2) is 9.39. The summed E-state index contributed by atoms with van der Waals surface area (Å²) in [7, 11) is 0. The standard InChI is InChI=1S/C17H26N4O2/c1-3-22-14(2)17-19-16(23-20-17)13-21(12-10-18)11-9-15-7-5-4-6-8-15/h4-8,14H,3,9-13,18H2,1-2H3. The first-order valence-electron chi connectivity index (χ1n) is 8.13. The van der Waals surface area contributed by atoms with Crippen LogP contribution in [0.2, 0.25) is 0 Å². The summed E-state index contributed by atoms with van der Waals surface area (Å²) in [5.74, 6) is 1.20. The molecule has 0 aliphatic carbocycles. The summed E-state index contributed by atoms with van der Waals surface area (Å²) in [5.41, 5.74) is 7.03. The molecule has 2 rings (SSSR count). The monoisotopic (exact) mass is 318 g/mol. The van der Waals surface area contributed by atoms with Gasteiger partial charge in [-0.15, -0.1) is 0 Å². The average Bonchev–Trinajstić information content (AvgIpc) is 3.03. The zero-order valence-corrected chi connectivity index (χ0v) is 13.9. The largest absolute Gasteiger partial charge is 0.371 e. The Balaban J connectivity index is 1.91. The third-order valence-corrected chi connectivity index (χ3v) is 3.63. The van der Waals surface area contributed by atoms with Crippen LogP contribution in [-0.2, 0) is 17.7 Å². The number of nitrogens with zero attached hydrogens (tertiary/aromatic N) is 3. The maximum Gasteiger partial charge on any atom is 0.240 e. The second-order valence-electron chi connectivity index (χ2n) is 5.44. The molecule has 6 nitrogen and oxygen atoms in total. The van der Waals surface area contributed by atoms with Crippen molar-refractivity contribution >= 4 is 0 Å². The molecule has 2 aromatic rings. The Hall–Kier alpha value is -1.76. The van der Waals surface area contributed by atoms with E-state index in [9.17, 15) is 0 Å². The van der Waals surface area contributed by atoms with Crippen molar-refractivity contribution in [3.63, 3.8) is 0 Å². The van der Waals surface area contributed by atoms with E-state index < -0.39 is 0 Å². The molecule has 0 aliphatic rings. The molecular weight excluding hydrogens is 292 g/mol. The molecule has 1 unspecified atom stereocenters. The Kier molecular flexibility index (Phi) is 7.19. The molecule has 1 aromatic heterocycles. The van der Waals surface area contributed by atoms with Crippen LogP contribution in [0.25, 0.3) is 0 Å². The highest BCUT2D eigenvalue weighted by Crippen LogP contribution is 2.14. The summed E-state index contributed by atoms with van der Waals surface area (Å²) >= 11 is 0. The number of rotatable bonds is 10. The number of benzene rings is 1. The maximum atomic E-state index is 5.72. The lowest BCUT2D eigenvalue weighted by molar-refractivity contribution is 0.0683. The Morgan fingerprint density at radius 3 is 2.74 bits per heavy atom. The van der Waals surface area contributed by atoms with Gasteiger partial charge in [0.2, 0.25) is 5.89 Å². The van der Waals surface area contributed by atoms with Gasteiger partial charge in [-0.05, 0) is 25.8 Å². The predicted molar refractivity (Wildman–Crippen MR) is 88.8 cm³/mol. The zero-order valence-electron chi connectivity index (χ0n) is 13.9. The topological polar surface area (TPSA) is 77.4 Å².